The number of rotatable bonds is 7. The Morgan fingerprint density at radius 2 is 2.10 bits per heavy atom. The maximum absolute atomic E-state index is 5.64. The van der Waals surface area contributed by atoms with E-state index in [1.165, 1.54) is 15.8 Å². The Kier molecular flexibility index (Phi) is 5.28. The third-order valence-corrected chi connectivity index (χ3v) is 4.56. The molecule has 0 atom stereocenters. The standard InChI is InChI=1S/C14H22N4OS/c1-10-11(2)20-14-12(10)13(16-9-17-14)18(6-4-5-15)7-8-19-3/h9H,4-8,15H2,1-3H3. The molecule has 20 heavy (non-hydrogen) atoms. The van der Waals surface area contributed by atoms with Crippen LogP contribution in [0.25, 0.3) is 10.2 Å². The molecule has 0 saturated carbocycles. The average molecular weight is 294 g/mol. The van der Waals surface area contributed by atoms with E-state index in [1.54, 1.807) is 24.8 Å². The van der Waals surface area contributed by atoms with Crippen molar-refractivity contribution < 1.29 is 4.74 Å². The van der Waals surface area contributed by atoms with E-state index in [2.05, 4.69) is 28.7 Å². The van der Waals surface area contributed by atoms with E-state index in [1.807, 2.05) is 0 Å². The van der Waals surface area contributed by atoms with Crippen LogP contribution in [0.2, 0.25) is 0 Å². The highest BCUT2D eigenvalue weighted by Gasteiger charge is 2.16. The lowest BCUT2D eigenvalue weighted by Gasteiger charge is -2.24. The van der Waals surface area contributed by atoms with Crippen molar-refractivity contribution in [2.24, 2.45) is 5.73 Å². The van der Waals surface area contributed by atoms with Crippen LogP contribution in [-0.2, 0) is 4.74 Å². The molecule has 0 radical (unpaired) electrons. The predicted octanol–water partition coefficient (Wildman–Crippen LogP) is 2.11. The Morgan fingerprint density at radius 1 is 1.30 bits per heavy atom. The summed E-state index contributed by atoms with van der Waals surface area (Å²) in [6.45, 7) is 7.33. The van der Waals surface area contributed by atoms with E-state index in [4.69, 9.17) is 10.5 Å². The molecule has 0 fully saturated rings. The summed E-state index contributed by atoms with van der Waals surface area (Å²) in [6, 6.07) is 0. The fraction of sp³-hybridized carbons (Fsp3) is 0.571. The largest absolute Gasteiger partial charge is 0.383 e. The van der Waals surface area contributed by atoms with Crippen LogP contribution in [0, 0.1) is 13.8 Å². The number of methoxy groups -OCH3 is 1. The summed E-state index contributed by atoms with van der Waals surface area (Å²) in [4.78, 5) is 13.5. The number of hydrogen-bond acceptors (Lipinski definition) is 6. The fourth-order valence-corrected chi connectivity index (χ4v) is 3.20. The Balaban J connectivity index is 2.40. The zero-order chi connectivity index (χ0) is 14.5. The fourth-order valence-electron chi connectivity index (χ4n) is 2.21. The van der Waals surface area contributed by atoms with Crippen LogP contribution in [0.4, 0.5) is 5.82 Å². The van der Waals surface area contributed by atoms with Gasteiger partial charge in [-0.2, -0.15) is 0 Å². The van der Waals surface area contributed by atoms with Crippen molar-refractivity contribution in [3.05, 3.63) is 16.8 Å². The average Bonchev–Trinajstić information content (AvgIpc) is 2.75. The highest BCUT2D eigenvalue weighted by molar-refractivity contribution is 7.18. The van der Waals surface area contributed by atoms with Crippen molar-refractivity contribution >= 4 is 27.4 Å². The second kappa shape index (κ2) is 6.97. The van der Waals surface area contributed by atoms with Gasteiger partial charge in [0.05, 0.1) is 12.0 Å². The van der Waals surface area contributed by atoms with Gasteiger partial charge in [-0.25, -0.2) is 9.97 Å². The molecule has 0 aliphatic carbocycles. The van der Waals surface area contributed by atoms with Gasteiger partial charge in [0.2, 0.25) is 0 Å². The van der Waals surface area contributed by atoms with Gasteiger partial charge >= 0.3 is 0 Å². The van der Waals surface area contributed by atoms with Crippen molar-refractivity contribution in [3.63, 3.8) is 0 Å². The molecule has 0 saturated heterocycles. The van der Waals surface area contributed by atoms with Gasteiger partial charge < -0.3 is 15.4 Å². The SMILES string of the molecule is COCCN(CCCN)c1ncnc2sc(C)c(C)c12. The lowest BCUT2D eigenvalue weighted by Crippen LogP contribution is -2.30. The predicted molar refractivity (Wildman–Crippen MR) is 84.6 cm³/mol. The second-order valence-electron chi connectivity index (χ2n) is 4.78. The molecule has 5 nitrogen and oxygen atoms in total. The maximum atomic E-state index is 5.64. The topological polar surface area (TPSA) is 64.3 Å². The van der Waals surface area contributed by atoms with Gasteiger partial charge in [0, 0.05) is 25.1 Å². The first-order valence-electron chi connectivity index (χ1n) is 6.83. The summed E-state index contributed by atoms with van der Waals surface area (Å²) >= 11 is 1.72. The van der Waals surface area contributed by atoms with Crippen LogP contribution in [-0.4, -0.2) is 43.3 Å². The van der Waals surface area contributed by atoms with Gasteiger partial charge in [-0.05, 0) is 32.4 Å². The molecule has 0 aromatic carbocycles. The first-order valence-corrected chi connectivity index (χ1v) is 7.65. The van der Waals surface area contributed by atoms with Gasteiger partial charge in [-0.3, -0.25) is 0 Å². The normalized spacial score (nSPS) is 11.2. The van der Waals surface area contributed by atoms with E-state index < -0.39 is 0 Å². The lowest BCUT2D eigenvalue weighted by molar-refractivity contribution is 0.205. The van der Waals surface area contributed by atoms with Crippen LogP contribution in [0.15, 0.2) is 6.33 Å². The quantitative estimate of drug-likeness (QED) is 0.847. The van der Waals surface area contributed by atoms with E-state index in [0.29, 0.717) is 13.2 Å². The maximum Gasteiger partial charge on any atom is 0.141 e. The van der Waals surface area contributed by atoms with Gasteiger partial charge in [0.1, 0.15) is 17.0 Å². The molecule has 0 spiro atoms. The number of hydrogen-bond donors (Lipinski definition) is 1. The molecule has 2 heterocycles. The zero-order valence-corrected chi connectivity index (χ0v) is 13.2. The molecule has 2 N–H and O–H groups in total. The highest BCUT2D eigenvalue weighted by atomic mass is 32.1. The van der Waals surface area contributed by atoms with Crippen LogP contribution in [0.3, 0.4) is 0 Å². The summed E-state index contributed by atoms with van der Waals surface area (Å²) in [5.74, 6) is 1.00. The van der Waals surface area contributed by atoms with Gasteiger partial charge in [0.15, 0.2) is 0 Å². The molecule has 2 aromatic rings. The summed E-state index contributed by atoms with van der Waals surface area (Å²) in [5, 5.41) is 1.17. The van der Waals surface area contributed by atoms with Gasteiger partial charge in [-0.15, -0.1) is 11.3 Å². The number of fused-ring (bicyclic) bond motifs is 1. The zero-order valence-electron chi connectivity index (χ0n) is 12.3. The van der Waals surface area contributed by atoms with Crippen LogP contribution in [0.5, 0.6) is 0 Å². The van der Waals surface area contributed by atoms with Crippen molar-refractivity contribution in [2.45, 2.75) is 20.3 Å². The number of anilines is 1. The molecular formula is C14H22N4OS. The molecular weight excluding hydrogens is 272 g/mol. The highest BCUT2D eigenvalue weighted by Crippen LogP contribution is 2.34. The molecule has 0 bridgehead atoms. The first kappa shape index (κ1) is 15.2. The molecule has 2 rings (SSSR count). The van der Waals surface area contributed by atoms with Crippen molar-refractivity contribution in [1.82, 2.24) is 9.97 Å². The number of aromatic nitrogens is 2. The van der Waals surface area contributed by atoms with Gasteiger partial charge in [-0.1, -0.05) is 0 Å². The van der Waals surface area contributed by atoms with E-state index in [0.717, 1.165) is 30.2 Å². The van der Waals surface area contributed by atoms with E-state index >= 15 is 0 Å². The number of thiophene rings is 1. The number of nitrogens with zero attached hydrogens (tertiary/aromatic N) is 3. The van der Waals surface area contributed by atoms with E-state index in [-0.39, 0.29) is 0 Å². The third kappa shape index (κ3) is 3.08. The Hall–Kier alpha value is -1.24. The molecule has 110 valence electrons. The molecule has 2 aromatic heterocycles. The number of aryl methyl sites for hydroxylation is 2. The van der Waals surface area contributed by atoms with E-state index in [9.17, 15) is 0 Å². The Morgan fingerprint density at radius 3 is 2.80 bits per heavy atom. The van der Waals surface area contributed by atoms with Crippen LogP contribution < -0.4 is 10.6 Å². The lowest BCUT2D eigenvalue weighted by atomic mass is 10.2. The Bertz CT molecular complexity index is 562. The number of ether oxygens (including phenoxy) is 1. The molecule has 0 aliphatic rings. The molecule has 6 heteroatoms. The van der Waals surface area contributed by atoms with Crippen molar-refractivity contribution in [2.75, 3.05) is 38.3 Å². The Labute approximate surface area is 123 Å². The summed E-state index contributed by atoms with van der Waals surface area (Å²) in [7, 11) is 1.72. The minimum Gasteiger partial charge on any atom is -0.383 e. The number of nitrogens with two attached hydrogens (primary N) is 1. The molecule has 0 aliphatic heterocycles. The second-order valence-corrected chi connectivity index (χ2v) is 5.99. The summed E-state index contributed by atoms with van der Waals surface area (Å²) < 4.78 is 5.21. The monoisotopic (exact) mass is 294 g/mol. The third-order valence-electron chi connectivity index (χ3n) is 3.44. The van der Waals surface area contributed by atoms with Crippen LogP contribution in [0.1, 0.15) is 16.9 Å². The molecule has 0 unspecified atom stereocenters. The minimum absolute atomic E-state index is 0.679. The summed E-state index contributed by atoms with van der Waals surface area (Å²) in [6.07, 6.45) is 2.59. The van der Waals surface area contributed by atoms with Crippen LogP contribution >= 0.6 is 11.3 Å². The molecule has 0 amide bonds. The first-order chi connectivity index (χ1) is 9.69. The summed E-state index contributed by atoms with van der Waals surface area (Å²) in [5.41, 5.74) is 6.92. The minimum atomic E-state index is 0.679. The van der Waals surface area contributed by atoms with Crippen molar-refractivity contribution in [3.8, 4) is 0 Å². The smallest absolute Gasteiger partial charge is 0.141 e. The van der Waals surface area contributed by atoms with Gasteiger partial charge in [0.25, 0.3) is 0 Å². The van der Waals surface area contributed by atoms with Crippen molar-refractivity contribution in [1.29, 1.82) is 0 Å².